The van der Waals surface area contributed by atoms with E-state index in [4.69, 9.17) is 0 Å². The standard InChI is InChI=1S/C12H23N/c1-4-5-10-8-11(10)13-9(2)12(3)6-7-12/h9-11,13H,4-8H2,1-3H3. The lowest BCUT2D eigenvalue weighted by Gasteiger charge is -2.20. The van der Waals surface area contributed by atoms with Crippen molar-refractivity contribution < 1.29 is 0 Å². The summed E-state index contributed by atoms with van der Waals surface area (Å²) in [6.45, 7) is 7.08. The molecule has 2 aliphatic carbocycles. The van der Waals surface area contributed by atoms with Crippen LogP contribution < -0.4 is 5.32 Å². The van der Waals surface area contributed by atoms with Gasteiger partial charge >= 0.3 is 0 Å². The molecule has 0 heterocycles. The summed E-state index contributed by atoms with van der Waals surface area (Å²) in [5.74, 6) is 1.01. The molecule has 0 bridgehead atoms. The molecule has 0 aromatic heterocycles. The van der Waals surface area contributed by atoms with Crippen LogP contribution in [0.25, 0.3) is 0 Å². The molecule has 0 spiro atoms. The SMILES string of the molecule is CCCC1CC1NC(C)C1(C)CC1. The van der Waals surface area contributed by atoms with Gasteiger partial charge in [-0.2, -0.15) is 0 Å². The van der Waals surface area contributed by atoms with Gasteiger partial charge < -0.3 is 5.32 Å². The lowest BCUT2D eigenvalue weighted by atomic mass is 10.0. The molecule has 76 valence electrons. The molecule has 13 heavy (non-hydrogen) atoms. The van der Waals surface area contributed by atoms with Crippen molar-refractivity contribution in [2.75, 3.05) is 0 Å². The Morgan fingerprint density at radius 2 is 2.15 bits per heavy atom. The maximum Gasteiger partial charge on any atom is 0.0102 e. The number of nitrogens with one attached hydrogen (secondary N) is 1. The lowest BCUT2D eigenvalue weighted by Crippen LogP contribution is -2.35. The molecule has 1 heteroatoms. The summed E-state index contributed by atoms with van der Waals surface area (Å²) < 4.78 is 0. The summed E-state index contributed by atoms with van der Waals surface area (Å²) in [6.07, 6.45) is 7.10. The molecule has 1 nitrogen and oxygen atoms in total. The van der Waals surface area contributed by atoms with Crippen LogP contribution in [0.5, 0.6) is 0 Å². The van der Waals surface area contributed by atoms with Crippen molar-refractivity contribution >= 4 is 0 Å². The summed E-state index contributed by atoms with van der Waals surface area (Å²) in [5.41, 5.74) is 0.652. The third-order valence-electron chi connectivity index (χ3n) is 4.13. The first-order valence-electron chi connectivity index (χ1n) is 5.92. The van der Waals surface area contributed by atoms with Gasteiger partial charge in [0, 0.05) is 12.1 Å². The van der Waals surface area contributed by atoms with Gasteiger partial charge in [0.2, 0.25) is 0 Å². The van der Waals surface area contributed by atoms with E-state index in [1.54, 1.807) is 0 Å². The Labute approximate surface area is 82.3 Å². The third kappa shape index (κ3) is 2.07. The van der Waals surface area contributed by atoms with Gasteiger partial charge in [-0.05, 0) is 43.9 Å². The second-order valence-electron chi connectivity index (χ2n) is 5.43. The van der Waals surface area contributed by atoms with Crippen molar-refractivity contribution in [3.63, 3.8) is 0 Å². The molecular formula is C12H23N. The van der Waals surface area contributed by atoms with Gasteiger partial charge in [-0.15, -0.1) is 0 Å². The van der Waals surface area contributed by atoms with Gasteiger partial charge in [-0.1, -0.05) is 20.3 Å². The summed E-state index contributed by atoms with van der Waals surface area (Å²) in [7, 11) is 0. The van der Waals surface area contributed by atoms with Gasteiger partial charge in [0.05, 0.1) is 0 Å². The number of rotatable bonds is 5. The van der Waals surface area contributed by atoms with E-state index >= 15 is 0 Å². The Morgan fingerprint density at radius 3 is 2.69 bits per heavy atom. The van der Waals surface area contributed by atoms with Crippen LogP contribution in [0.4, 0.5) is 0 Å². The third-order valence-corrected chi connectivity index (χ3v) is 4.13. The van der Waals surface area contributed by atoms with Crippen LogP contribution in [-0.4, -0.2) is 12.1 Å². The van der Waals surface area contributed by atoms with Crippen molar-refractivity contribution in [2.24, 2.45) is 11.3 Å². The predicted octanol–water partition coefficient (Wildman–Crippen LogP) is 2.95. The number of hydrogen-bond donors (Lipinski definition) is 1. The first kappa shape index (κ1) is 9.51. The van der Waals surface area contributed by atoms with E-state index in [1.807, 2.05) is 0 Å². The summed E-state index contributed by atoms with van der Waals surface area (Å²) in [6, 6.07) is 1.62. The molecule has 0 aliphatic heterocycles. The Hall–Kier alpha value is -0.0400. The average molecular weight is 181 g/mol. The molecule has 1 N–H and O–H groups in total. The van der Waals surface area contributed by atoms with Crippen LogP contribution >= 0.6 is 0 Å². The van der Waals surface area contributed by atoms with Gasteiger partial charge in [-0.25, -0.2) is 0 Å². The molecule has 0 saturated heterocycles. The minimum absolute atomic E-state index is 0.652. The topological polar surface area (TPSA) is 12.0 Å². The largest absolute Gasteiger partial charge is 0.311 e. The molecule has 0 radical (unpaired) electrons. The molecule has 3 unspecified atom stereocenters. The zero-order chi connectivity index (χ0) is 9.47. The highest BCUT2D eigenvalue weighted by molar-refractivity contribution is 5.02. The second-order valence-corrected chi connectivity index (χ2v) is 5.43. The monoisotopic (exact) mass is 181 g/mol. The van der Waals surface area contributed by atoms with Crippen molar-refractivity contribution in [3.8, 4) is 0 Å². The van der Waals surface area contributed by atoms with E-state index in [0.717, 1.165) is 18.0 Å². The van der Waals surface area contributed by atoms with Crippen LogP contribution in [0, 0.1) is 11.3 Å². The zero-order valence-electron chi connectivity index (χ0n) is 9.27. The van der Waals surface area contributed by atoms with Crippen LogP contribution in [0.2, 0.25) is 0 Å². The Bertz CT molecular complexity index is 184. The van der Waals surface area contributed by atoms with E-state index in [0.29, 0.717) is 5.41 Å². The molecule has 2 aliphatic rings. The van der Waals surface area contributed by atoms with Gasteiger partial charge in [0.15, 0.2) is 0 Å². The fourth-order valence-corrected chi connectivity index (χ4v) is 2.29. The normalized spacial score (nSPS) is 37.2. The molecule has 2 rings (SSSR count). The van der Waals surface area contributed by atoms with Crippen molar-refractivity contribution in [1.29, 1.82) is 0 Å². The quantitative estimate of drug-likeness (QED) is 0.687. The summed E-state index contributed by atoms with van der Waals surface area (Å²) >= 11 is 0. The summed E-state index contributed by atoms with van der Waals surface area (Å²) in [5, 5.41) is 3.79. The minimum atomic E-state index is 0.652. The Balaban J connectivity index is 1.68. The predicted molar refractivity (Wildman–Crippen MR) is 56.7 cm³/mol. The van der Waals surface area contributed by atoms with Gasteiger partial charge in [0.1, 0.15) is 0 Å². The maximum atomic E-state index is 3.79. The highest BCUT2D eigenvalue weighted by Gasteiger charge is 2.46. The molecule has 3 atom stereocenters. The maximum absolute atomic E-state index is 3.79. The highest BCUT2D eigenvalue weighted by atomic mass is 15.0. The first-order chi connectivity index (χ1) is 6.15. The van der Waals surface area contributed by atoms with E-state index in [2.05, 4.69) is 26.1 Å². The molecule has 0 aromatic carbocycles. The van der Waals surface area contributed by atoms with Crippen molar-refractivity contribution in [2.45, 2.75) is 65.0 Å². The lowest BCUT2D eigenvalue weighted by molar-refractivity contribution is 0.370. The van der Waals surface area contributed by atoms with Gasteiger partial charge in [-0.3, -0.25) is 0 Å². The first-order valence-corrected chi connectivity index (χ1v) is 5.92. The molecule has 2 saturated carbocycles. The average Bonchev–Trinajstić information content (AvgIpc) is 2.94. The van der Waals surface area contributed by atoms with E-state index in [1.165, 1.54) is 32.1 Å². The minimum Gasteiger partial charge on any atom is -0.311 e. The molecule has 0 aromatic rings. The fourth-order valence-electron chi connectivity index (χ4n) is 2.29. The molecular weight excluding hydrogens is 158 g/mol. The van der Waals surface area contributed by atoms with Crippen LogP contribution in [0.15, 0.2) is 0 Å². The Morgan fingerprint density at radius 1 is 1.46 bits per heavy atom. The van der Waals surface area contributed by atoms with E-state index in [-0.39, 0.29) is 0 Å². The van der Waals surface area contributed by atoms with Crippen LogP contribution in [0.3, 0.4) is 0 Å². The zero-order valence-corrected chi connectivity index (χ0v) is 9.27. The van der Waals surface area contributed by atoms with Gasteiger partial charge in [0.25, 0.3) is 0 Å². The summed E-state index contributed by atoms with van der Waals surface area (Å²) in [4.78, 5) is 0. The Kier molecular flexibility index (Phi) is 2.39. The second kappa shape index (κ2) is 3.27. The van der Waals surface area contributed by atoms with Crippen molar-refractivity contribution in [1.82, 2.24) is 5.32 Å². The van der Waals surface area contributed by atoms with Crippen LogP contribution in [0.1, 0.15) is 52.9 Å². The van der Waals surface area contributed by atoms with Crippen LogP contribution in [-0.2, 0) is 0 Å². The number of hydrogen-bond acceptors (Lipinski definition) is 1. The van der Waals surface area contributed by atoms with E-state index < -0.39 is 0 Å². The fraction of sp³-hybridized carbons (Fsp3) is 1.00. The smallest absolute Gasteiger partial charge is 0.0102 e. The van der Waals surface area contributed by atoms with Crippen molar-refractivity contribution in [3.05, 3.63) is 0 Å². The van der Waals surface area contributed by atoms with E-state index in [9.17, 15) is 0 Å². The molecule has 0 amide bonds. The molecule has 2 fully saturated rings. The highest BCUT2D eigenvalue weighted by Crippen LogP contribution is 2.49.